The number of carbonyl (C=O) groups excluding carboxylic acids is 3. The highest BCUT2D eigenvalue weighted by Crippen LogP contribution is 2.24. The van der Waals surface area contributed by atoms with Crippen LogP contribution in [-0.2, 0) is 11.2 Å². The normalized spacial score (nSPS) is 19.1. The maximum atomic E-state index is 13.8. The van der Waals surface area contributed by atoms with Crippen LogP contribution in [0.5, 0.6) is 0 Å². The summed E-state index contributed by atoms with van der Waals surface area (Å²) in [5, 5.41) is 7.42. The van der Waals surface area contributed by atoms with Crippen molar-refractivity contribution in [2.75, 3.05) is 5.32 Å². The Morgan fingerprint density at radius 2 is 2.15 bits per heavy atom. The first-order valence-corrected chi connectivity index (χ1v) is 9.67. The number of anilines is 1. The number of hydrazine groups is 1. The summed E-state index contributed by atoms with van der Waals surface area (Å²) in [5.74, 6) is -1.23. The predicted molar refractivity (Wildman–Crippen MR) is 103 cm³/mol. The molecule has 5 amide bonds. The van der Waals surface area contributed by atoms with Gasteiger partial charge in [0.2, 0.25) is 0 Å². The van der Waals surface area contributed by atoms with Gasteiger partial charge in [-0.25, -0.2) is 19.4 Å². The van der Waals surface area contributed by atoms with Gasteiger partial charge >= 0.3 is 12.1 Å². The number of nitrogens with zero attached hydrogens (tertiary/aromatic N) is 1. The van der Waals surface area contributed by atoms with Crippen LogP contribution in [0.1, 0.15) is 18.2 Å². The van der Waals surface area contributed by atoms with Gasteiger partial charge in [0.05, 0.1) is 5.69 Å². The minimum Gasteiger partial charge on any atom is -0.322 e. The van der Waals surface area contributed by atoms with Gasteiger partial charge in [0.25, 0.3) is 5.91 Å². The summed E-state index contributed by atoms with van der Waals surface area (Å²) in [6, 6.07) is 6.32. The van der Waals surface area contributed by atoms with Crippen molar-refractivity contribution < 1.29 is 18.8 Å². The van der Waals surface area contributed by atoms with Crippen molar-refractivity contribution in [1.82, 2.24) is 15.8 Å². The lowest BCUT2D eigenvalue weighted by Crippen LogP contribution is -2.50. The zero-order valence-electron chi connectivity index (χ0n) is 14.2. The highest BCUT2D eigenvalue weighted by Gasteiger charge is 2.48. The maximum absolute atomic E-state index is 13.8. The van der Waals surface area contributed by atoms with Crippen LogP contribution in [0.25, 0.3) is 0 Å². The minimum atomic E-state index is -1.13. The van der Waals surface area contributed by atoms with E-state index >= 15 is 0 Å². The van der Waals surface area contributed by atoms with Crippen LogP contribution in [-0.4, -0.2) is 28.5 Å². The molecule has 1 aliphatic heterocycles. The third kappa shape index (κ3) is 4.28. The van der Waals surface area contributed by atoms with Crippen LogP contribution in [0.3, 0.4) is 0 Å². The fourth-order valence-corrected chi connectivity index (χ4v) is 3.67. The average molecular weight is 455 g/mol. The fraction of sp³-hybridized carbons (Fsp3) is 0.235. The van der Waals surface area contributed by atoms with Gasteiger partial charge in [0, 0.05) is 9.35 Å². The first kappa shape index (κ1) is 19.3. The van der Waals surface area contributed by atoms with Crippen molar-refractivity contribution in [3.63, 3.8) is 0 Å². The van der Waals surface area contributed by atoms with Gasteiger partial charge in [-0.05, 0) is 49.4 Å². The lowest BCUT2D eigenvalue weighted by Gasteiger charge is -2.21. The minimum absolute atomic E-state index is 0.0804. The Balaban J connectivity index is 1.63. The van der Waals surface area contributed by atoms with E-state index in [9.17, 15) is 18.8 Å². The van der Waals surface area contributed by atoms with E-state index in [1.54, 1.807) is 24.3 Å². The van der Waals surface area contributed by atoms with E-state index in [-0.39, 0.29) is 5.69 Å². The number of hydrogen-bond donors (Lipinski definition) is 3. The Hall–Kier alpha value is -2.46. The van der Waals surface area contributed by atoms with Gasteiger partial charge < -0.3 is 10.6 Å². The van der Waals surface area contributed by atoms with E-state index < -0.39 is 29.3 Å². The van der Waals surface area contributed by atoms with Gasteiger partial charge in [-0.2, -0.15) is 5.01 Å². The molecule has 0 saturated carbocycles. The van der Waals surface area contributed by atoms with Gasteiger partial charge in [-0.15, -0.1) is 11.3 Å². The van der Waals surface area contributed by atoms with Crippen molar-refractivity contribution in [3.8, 4) is 0 Å². The standard InChI is InChI=1S/C17H16BrFN4O3S/c1-17(7-6-11-3-2-8-27-11)14(24)23(16(26)21-17)22-15(25)20-13-5-4-10(18)9-12(13)19/h2-5,8-9H,6-7H2,1H3,(H,21,26)(H2,20,22,25). The molecular formula is C17H16BrFN4O3S. The van der Waals surface area contributed by atoms with Crippen LogP contribution in [0, 0.1) is 5.82 Å². The Labute approximate surface area is 167 Å². The molecule has 142 valence electrons. The molecule has 1 saturated heterocycles. The molecule has 3 rings (SSSR count). The molecule has 7 nitrogen and oxygen atoms in total. The number of rotatable bonds is 5. The maximum Gasteiger partial charge on any atom is 0.344 e. The van der Waals surface area contributed by atoms with Crippen molar-refractivity contribution in [2.24, 2.45) is 0 Å². The number of hydrogen-bond acceptors (Lipinski definition) is 4. The lowest BCUT2D eigenvalue weighted by atomic mass is 9.96. The molecule has 1 aromatic carbocycles. The predicted octanol–water partition coefficient (Wildman–Crippen LogP) is 3.63. The second-order valence-corrected chi connectivity index (χ2v) is 8.12. The third-order valence-electron chi connectivity index (χ3n) is 4.11. The molecule has 10 heteroatoms. The molecule has 0 spiro atoms. The molecule has 1 fully saturated rings. The van der Waals surface area contributed by atoms with Crippen molar-refractivity contribution in [2.45, 2.75) is 25.3 Å². The van der Waals surface area contributed by atoms with Crippen molar-refractivity contribution in [3.05, 3.63) is 50.9 Å². The van der Waals surface area contributed by atoms with E-state index in [2.05, 4.69) is 32.0 Å². The Morgan fingerprint density at radius 3 is 2.81 bits per heavy atom. The Morgan fingerprint density at radius 1 is 1.37 bits per heavy atom. The largest absolute Gasteiger partial charge is 0.344 e. The molecule has 0 aliphatic carbocycles. The summed E-state index contributed by atoms with van der Waals surface area (Å²) in [6.07, 6.45) is 1.00. The summed E-state index contributed by atoms with van der Waals surface area (Å²) in [6.45, 7) is 1.61. The Kier molecular flexibility index (Phi) is 5.47. The summed E-state index contributed by atoms with van der Waals surface area (Å²) >= 11 is 4.68. The molecule has 0 radical (unpaired) electrons. The zero-order valence-corrected chi connectivity index (χ0v) is 16.6. The lowest BCUT2D eigenvalue weighted by molar-refractivity contribution is -0.132. The monoisotopic (exact) mass is 454 g/mol. The number of halogens is 2. The first-order valence-electron chi connectivity index (χ1n) is 8.00. The van der Waals surface area contributed by atoms with Crippen molar-refractivity contribution >= 4 is 50.9 Å². The van der Waals surface area contributed by atoms with E-state index in [0.29, 0.717) is 22.3 Å². The molecular weight excluding hydrogens is 439 g/mol. The number of benzene rings is 1. The Bertz CT molecular complexity index is 892. The smallest absolute Gasteiger partial charge is 0.322 e. The van der Waals surface area contributed by atoms with Gasteiger partial charge in [0.15, 0.2) is 0 Å². The zero-order chi connectivity index (χ0) is 19.6. The number of imide groups is 1. The first-order chi connectivity index (χ1) is 12.8. The second kappa shape index (κ2) is 7.65. The number of carbonyl (C=O) groups is 3. The summed E-state index contributed by atoms with van der Waals surface area (Å²) < 4.78 is 14.3. The quantitative estimate of drug-likeness (QED) is 0.602. The van der Waals surface area contributed by atoms with Crippen LogP contribution >= 0.6 is 27.3 Å². The highest BCUT2D eigenvalue weighted by molar-refractivity contribution is 9.10. The molecule has 1 atom stereocenters. The summed E-state index contributed by atoms with van der Waals surface area (Å²) in [4.78, 5) is 37.9. The van der Waals surface area contributed by atoms with Crippen molar-refractivity contribution in [1.29, 1.82) is 0 Å². The molecule has 1 aromatic heterocycles. The van der Waals surface area contributed by atoms with Gasteiger partial charge in [0.1, 0.15) is 11.4 Å². The van der Waals surface area contributed by atoms with Gasteiger partial charge in [-0.1, -0.05) is 22.0 Å². The number of urea groups is 2. The van der Waals surface area contributed by atoms with E-state index in [0.717, 1.165) is 4.88 Å². The molecule has 2 aromatic rings. The molecule has 1 aliphatic rings. The fourth-order valence-electron chi connectivity index (χ4n) is 2.63. The van der Waals surface area contributed by atoms with E-state index in [1.807, 2.05) is 17.5 Å². The van der Waals surface area contributed by atoms with E-state index in [4.69, 9.17) is 0 Å². The number of thiophene rings is 1. The molecule has 0 bridgehead atoms. The molecule has 2 heterocycles. The molecule has 3 N–H and O–H groups in total. The number of aryl methyl sites for hydroxylation is 1. The second-order valence-electron chi connectivity index (χ2n) is 6.17. The third-order valence-corrected chi connectivity index (χ3v) is 5.53. The molecule has 27 heavy (non-hydrogen) atoms. The molecule has 1 unspecified atom stereocenters. The summed E-state index contributed by atoms with van der Waals surface area (Å²) in [5.41, 5.74) is 0.955. The van der Waals surface area contributed by atoms with Crippen LogP contribution in [0.4, 0.5) is 19.7 Å². The van der Waals surface area contributed by atoms with Crippen LogP contribution in [0.15, 0.2) is 40.2 Å². The van der Waals surface area contributed by atoms with Crippen LogP contribution in [0.2, 0.25) is 0 Å². The van der Waals surface area contributed by atoms with Crippen LogP contribution < -0.4 is 16.1 Å². The van der Waals surface area contributed by atoms with Gasteiger partial charge in [-0.3, -0.25) is 4.79 Å². The number of nitrogens with one attached hydrogen (secondary N) is 3. The number of amides is 5. The SMILES string of the molecule is CC1(CCc2cccs2)NC(=O)N(NC(=O)Nc2ccc(Br)cc2F)C1=O. The topological polar surface area (TPSA) is 90.5 Å². The van der Waals surface area contributed by atoms with E-state index in [1.165, 1.54) is 12.1 Å². The average Bonchev–Trinajstić information content (AvgIpc) is 3.19. The summed E-state index contributed by atoms with van der Waals surface area (Å²) in [7, 11) is 0. The highest BCUT2D eigenvalue weighted by atomic mass is 79.9.